The first-order valence-electron chi connectivity index (χ1n) is 6.19. The molecule has 0 atom stereocenters. The Morgan fingerprint density at radius 1 is 1.30 bits per heavy atom. The van der Waals surface area contributed by atoms with Crippen molar-refractivity contribution in [1.29, 1.82) is 0 Å². The fraction of sp³-hybridized carbons (Fsp3) is 0.0667. The summed E-state index contributed by atoms with van der Waals surface area (Å²) in [7, 11) is 0. The maximum Gasteiger partial charge on any atom is 0.246 e. The molecule has 1 aromatic carbocycles. The minimum atomic E-state index is 0.534. The summed E-state index contributed by atoms with van der Waals surface area (Å²) < 4.78 is 5.76. The maximum absolute atomic E-state index is 5.76. The van der Waals surface area contributed by atoms with E-state index in [4.69, 9.17) is 4.42 Å². The van der Waals surface area contributed by atoms with Gasteiger partial charge in [-0.05, 0) is 0 Å². The largest absolute Gasteiger partial charge is 0.435 e. The molecule has 0 spiro atoms. The number of nitrogens with zero attached hydrogens (tertiary/aromatic N) is 2. The molecule has 2 heterocycles. The molecular weight excluding hydrogens is 270 g/mol. The lowest BCUT2D eigenvalue weighted by molar-refractivity contribution is 0.587. The third-order valence-electron chi connectivity index (χ3n) is 2.68. The summed E-state index contributed by atoms with van der Waals surface area (Å²) in [4.78, 5) is 8.71. The quantitative estimate of drug-likeness (QED) is 0.717. The van der Waals surface area contributed by atoms with Crippen LogP contribution in [0.3, 0.4) is 0 Å². The Morgan fingerprint density at radius 3 is 2.95 bits per heavy atom. The number of aromatic nitrogens is 2. The fourth-order valence-electron chi connectivity index (χ4n) is 1.74. The van der Waals surface area contributed by atoms with Gasteiger partial charge in [0.15, 0.2) is 10.9 Å². The molecule has 3 aromatic rings. The zero-order valence-corrected chi connectivity index (χ0v) is 11.6. The van der Waals surface area contributed by atoms with E-state index in [1.54, 1.807) is 12.3 Å². The molecule has 0 fully saturated rings. The first kappa shape index (κ1) is 12.6. The number of hydrogen-bond acceptors (Lipinski definition) is 5. The predicted octanol–water partition coefficient (Wildman–Crippen LogP) is 4.06. The first-order chi connectivity index (χ1) is 9.86. The van der Waals surface area contributed by atoms with Crippen molar-refractivity contribution in [2.75, 3.05) is 11.9 Å². The van der Waals surface area contributed by atoms with Gasteiger partial charge in [0.05, 0.1) is 6.20 Å². The van der Waals surface area contributed by atoms with Gasteiger partial charge in [-0.3, -0.25) is 0 Å². The monoisotopic (exact) mass is 283 g/mol. The molecule has 4 nitrogen and oxygen atoms in total. The summed E-state index contributed by atoms with van der Waals surface area (Å²) >= 11 is 1.52. The van der Waals surface area contributed by atoms with Gasteiger partial charge in [-0.2, -0.15) is 0 Å². The average molecular weight is 283 g/mol. The number of benzene rings is 1. The van der Waals surface area contributed by atoms with Crippen molar-refractivity contribution in [3.05, 3.63) is 54.6 Å². The van der Waals surface area contributed by atoms with E-state index in [0.717, 1.165) is 22.1 Å². The summed E-state index contributed by atoms with van der Waals surface area (Å²) in [5.74, 6) is 1.28. The zero-order chi connectivity index (χ0) is 13.8. The molecule has 100 valence electrons. The summed E-state index contributed by atoms with van der Waals surface area (Å²) in [6, 6.07) is 9.89. The van der Waals surface area contributed by atoms with E-state index in [0.29, 0.717) is 12.4 Å². The van der Waals surface area contributed by atoms with E-state index in [1.807, 2.05) is 35.7 Å². The van der Waals surface area contributed by atoms with Crippen molar-refractivity contribution in [3.8, 4) is 22.9 Å². The van der Waals surface area contributed by atoms with Crippen molar-refractivity contribution in [2.45, 2.75) is 0 Å². The molecular formula is C15H13N3OS. The second kappa shape index (κ2) is 5.71. The van der Waals surface area contributed by atoms with Crippen LogP contribution in [0.15, 0.2) is 59.0 Å². The van der Waals surface area contributed by atoms with Crippen LogP contribution in [0.4, 0.5) is 5.13 Å². The molecule has 1 N–H and O–H groups in total. The van der Waals surface area contributed by atoms with Gasteiger partial charge in [-0.1, -0.05) is 36.4 Å². The third-order valence-corrected chi connectivity index (χ3v) is 3.48. The number of hydrogen-bond donors (Lipinski definition) is 1. The minimum Gasteiger partial charge on any atom is -0.435 e. The molecule has 0 aliphatic rings. The van der Waals surface area contributed by atoms with Gasteiger partial charge in [-0.25, -0.2) is 9.97 Å². The Hall–Kier alpha value is -2.40. The molecule has 5 heteroatoms. The van der Waals surface area contributed by atoms with Crippen molar-refractivity contribution in [2.24, 2.45) is 0 Å². The zero-order valence-electron chi connectivity index (χ0n) is 10.7. The lowest BCUT2D eigenvalue weighted by atomic mass is 10.2. The summed E-state index contributed by atoms with van der Waals surface area (Å²) in [5, 5.41) is 5.90. The average Bonchev–Trinajstić information content (AvgIpc) is 3.15. The second-order valence-electron chi connectivity index (χ2n) is 4.10. The first-order valence-corrected chi connectivity index (χ1v) is 7.06. The molecule has 0 saturated heterocycles. The second-order valence-corrected chi connectivity index (χ2v) is 4.96. The van der Waals surface area contributed by atoms with E-state index in [9.17, 15) is 0 Å². The predicted molar refractivity (Wildman–Crippen MR) is 81.7 cm³/mol. The SMILES string of the molecule is C=CCNc1nc(-c2ncc(-c3ccccc3)o2)cs1. The van der Waals surface area contributed by atoms with Crippen LogP contribution in [0.1, 0.15) is 0 Å². The third kappa shape index (κ3) is 2.62. The summed E-state index contributed by atoms with van der Waals surface area (Å²) in [5.41, 5.74) is 1.75. The number of oxazole rings is 1. The van der Waals surface area contributed by atoms with Crippen LogP contribution in [0.5, 0.6) is 0 Å². The van der Waals surface area contributed by atoms with Gasteiger partial charge in [0.25, 0.3) is 0 Å². The Morgan fingerprint density at radius 2 is 2.15 bits per heavy atom. The number of rotatable bonds is 5. The molecule has 0 saturated carbocycles. The van der Waals surface area contributed by atoms with Crippen molar-refractivity contribution < 1.29 is 4.42 Å². The van der Waals surface area contributed by atoms with Crippen LogP contribution in [0, 0.1) is 0 Å². The highest BCUT2D eigenvalue weighted by atomic mass is 32.1. The smallest absolute Gasteiger partial charge is 0.246 e. The molecule has 0 aliphatic carbocycles. The molecule has 0 amide bonds. The summed E-state index contributed by atoms with van der Waals surface area (Å²) in [6.45, 7) is 4.35. The van der Waals surface area contributed by atoms with Gasteiger partial charge in [0.1, 0.15) is 5.69 Å². The van der Waals surface area contributed by atoms with Crippen LogP contribution < -0.4 is 5.32 Å². The molecule has 2 aromatic heterocycles. The molecule has 0 unspecified atom stereocenters. The van der Waals surface area contributed by atoms with E-state index in [-0.39, 0.29) is 0 Å². The van der Waals surface area contributed by atoms with E-state index in [2.05, 4.69) is 21.9 Å². The van der Waals surface area contributed by atoms with Gasteiger partial charge < -0.3 is 9.73 Å². The Balaban J connectivity index is 1.83. The van der Waals surface area contributed by atoms with Crippen LogP contribution in [-0.4, -0.2) is 16.5 Å². The highest BCUT2D eigenvalue weighted by Crippen LogP contribution is 2.28. The van der Waals surface area contributed by atoms with Crippen molar-refractivity contribution in [3.63, 3.8) is 0 Å². The van der Waals surface area contributed by atoms with Crippen LogP contribution in [0.25, 0.3) is 22.9 Å². The highest BCUT2D eigenvalue weighted by Gasteiger charge is 2.11. The minimum absolute atomic E-state index is 0.534. The Labute approximate surface area is 120 Å². The Kier molecular flexibility index (Phi) is 3.60. The highest BCUT2D eigenvalue weighted by molar-refractivity contribution is 7.14. The van der Waals surface area contributed by atoms with Crippen LogP contribution in [-0.2, 0) is 0 Å². The van der Waals surface area contributed by atoms with Gasteiger partial charge >= 0.3 is 0 Å². The Bertz CT molecular complexity index is 703. The lowest BCUT2D eigenvalue weighted by Gasteiger charge is -1.95. The van der Waals surface area contributed by atoms with Crippen LogP contribution >= 0.6 is 11.3 Å². The number of anilines is 1. The van der Waals surface area contributed by atoms with Gasteiger partial charge in [-0.15, -0.1) is 17.9 Å². The fourth-order valence-corrected chi connectivity index (χ4v) is 2.44. The molecule has 0 bridgehead atoms. The topological polar surface area (TPSA) is 51.0 Å². The summed E-state index contributed by atoms with van der Waals surface area (Å²) in [6.07, 6.45) is 3.51. The lowest BCUT2D eigenvalue weighted by Crippen LogP contribution is -1.96. The van der Waals surface area contributed by atoms with Crippen LogP contribution in [0.2, 0.25) is 0 Å². The number of thiazole rings is 1. The van der Waals surface area contributed by atoms with Crippen molar-refractivity contribution >= 4 is 16.5 Å². The van der Waals surface area contributed by atoms with E-state index in [1.165, 1.54) is 11.3 Å². The van der Waals surface area contributed by atoms with Crippen molar-refractivity contribution in [1.82, 2.24) is 9.97 Å². The maximum atomic E-state index is 5.76. The van der Waals surface area contributed by atoms with Gasteiger partial charge in [0.2, 0.25) is 5.89 Å². The molecule has 0 aliphatic heterocycles. The van der Waals surface area contributed by atoms with E-state index < -0.39 is 0 Å². The van der Waals surface area contributed by atoms with E-state index >= 15 is 0 Å². The number of nitrogens with one attached hydrogen (secondary N) is 1. The standard InChI is InChI=1S/C15H13N3OS/c1-2-8-16-15-18-12(10-20-15)14-17-9-13(19-14)11-6-4-3-5-7-11/h2-7,9-10H,1,8H2,(H,16,18). The molecule has 20 heavy (non-hydrogen) atoms. The molecule has 0 radical (unpaired) electrons. The molecule has 3 rings (SSSR count). The normalized spacial score (nSPS) is 10.4. The van der Waals surface area contributed by atoms with Gasteiger partial charge in [0, 0.05) is 17.5 Å².